The molecule has 0 bridgehead atoms. The Balaban J connectivity index is 1.94. The smallest absolute Gasteiger partial charge is 0.228 e. The van der Waals surface area contributed by atoms with E-state index in [0.29, 0.717) is 17.8 Å². The average molecular weight is 227 g/mol. The summed E-state index contributed by atoms with van der Waals surface area (Å²) in [5.74, 6) is 2.18. The fourth-order valence-electron chi connectivity index (χ4n) is 1.48. The van der Waals surface area contributed by atoms with Gasteiger partial charge < -0.3 is 4.90 Å². The Morgan fingerprint density at radius 2 is 2.20 bits per heavy atom. The predicted molar refractivity (Wildman–Crippen MR) is 56.6 cm³/mol. The number of thioether (sulfide) groups is 1. The van der Waals surface area contributed by atoms with E-state index >= 15 is 0 Å². The second kappa shape index (κ2) is 4.65. The van der Waals surface area contributed by atoms with E-state index in [0.717, 1.165) is 24.6 Å². The molecule has 0 spiro atoms. The van der Waals surface area contributed by atoms with Crippen LogP contribution in [0.15, 0.2) is 4.63 Å². The highest BCUT2D eigenvalue weighted by Gasteiger charge is 2.19. The van der Waals surface area contributed by atoms with E-state index in [1.54, 1.807) is 6.92 Å². The number of amides is 1. The minimum Gasteiger partial charge on any atom is -0.341 e. The zero-order valence-corrected chi connectivity index (χ0v) is 9.42. The Morgan fingerprint density at radius 1 is 1.47 bits per heavy atom. The average Bonchev–Trinajstić information content (AvgIpc) is 2.66. The van der Waals surface area contributed by atoms with Gasteiger partial charge in [-0.05, 0) is 6.92 Å². The normalized spacial score (nSPS) is 16.7. The van der Waals surface area contributed by atoms with Gasteiger partial charge in [0, 0.05) is 24.6 Å². The molecule has 1 aliphatic rings. The SMILES string of the molecule is Cc1nonc1CC(=O)N1CCSCC1. The molecule has 0 aliphatic carbocycles. The van der Waals surface area contributed by atoms with Crippen molar-refractivity contribution in [1.82, 2.24) is 15.2 Å². The van der Waals surface area contributed by atoms with Crippen LogP contribution in [0.2, 0.25) is 0 Å². The van der Waals surface area contributed by atoms with Gasteiger partial charge in [-0.1, -0.05) is 10.3 Å². The van der Waals surface area contributed by atoms with Gasteiger partial charge >= 0.3 is 0 Å². The van der Waals surface area contributed by atoms with Crippen molar-refractivity contribution >= 4 is 17.7 Å². The van der Waals surface area contributed by atoms with E-state index in [-0.39, 0.29) is 5.91 Å². The van der Waals surface area contributed by atoms with Crippen molar-refractivity contribution in [2.24, 2.45) is 0 Å². The summed E-state index contributed by atoms with van der Waals surface area (Å²) in [4.78, 5) is 13.7. The summed E-state index contributed by atoms with van der Waals surface area (Å²) >= 11 is 1.89. The van der Waals surface area contributed by atoms with Gasteiger partial charge in [-0.15, -0.1) is 0 Å². The first kappa shape index (κ1) is 10.5. The summed E-state index contributed by atoms with van der Waals surface area (Å²) in [7, 11) is 0. The second-order valence-corrected chi connectivity index (χ2v) is 4.69. The van der Waals surface area contributed by atoms with E-state index in [9.17, 15) is 4.79 Å². The molecule has 1 aliphatic heterocycles. The predicted octanol–water partition coefficient (Wildman–Crippen LogP) is 0.496. The van der Waals surface area contributed by atoms with E-state index in [1.807, 2.05) is 16.7 Å². The van der Waals surface area contributed by atoms with Gasteiger partial charge in [0.1, 0.15) is 11.4 Å². The molecule has 82 valence electrons. The Bertz CT molecular complexity index is 347. The van der Waals surface area contributed by atoms with Crippen molar-refractivity contribution in [2.45, 2.75) is 13.3 Å². The lowest BCUT2D eigenvalue weighted by Crippen LogP contribution is -2.38. The Kier molecular flexibility index (Phi) is 3.25. The monoisotopic (exact) mass is 227 g/mol. The van der Waals surface area contributed by atoms with Gasteiger partial charge in [-0.3, -0.25) is 4.79 Å². The Labute approximate surface area is 92.2 Å². The minimum absolute atomic E-state index is 0.120. The zero-order valence-electron chi connectivity index (χ0n) is 8.60. The number of aryl methyl sites for hydroxylation is 1. The molecule has 1 saturated heterocycles. The highest BCUT2D eigenvalue weighted by Crippen LogP contribution is 2.11. The highest BCUT2D eigenvalue weighted by atomic mass is 32.2. The van der Waals surface area contributed by atoms with Crippen LogP contribution in [0.1, 0.15) is 11.4 Å². The molecule has 1 aromatic rings. The van der Waals surface area contributed by atoms with Gasteiger partial charge in [-0.2, -0.15) is 11.8 Å². The third-order valence-corrected chi connectivity index (χ3v) is 3.37. The summed E-state index contributed by atoms with van der Waals surface area (Å²) in [6.07, 6.45) is 0.306. The molecule has 0 aromatic carbocycles. The third kappa shape index (κ3) is 2.50. The third-order valence-electron chi connectivity index (χ3n) is 2.43. The highest BCUT2D eigenvalue weighted by molar-refractivity contribution is 7.99. The Hall–Kier alpha value is -1.04. The second-order valence-electron chi connectivity index (χ2n) is 3.47. The summed E-state index contributed by atoms with van der Waals surface area (Å²) in [6.45, 7) is 3.48. The van der Waals surface area contributed by atoms with E-state index in [2.05, 4.69) is 14.9 Å². The lowest BCUT2D eigenvalue weighted by atomic mass is 10.2. The van der Waals surface area contributed by atoms with Crippen LogP contribution in [-0.4, -0.2) is 45.7 Å². The molecule has 0 unspecified atom stereocenters. The quantitative estimate of drug-likeness (QED) is 0.736. The molecule has 6 heteroatoms. The van der Waals surface area contributed by atoms with Crippen LogP contribution >= 0.6 is 11.8 Å². The molecule has 0 saturated carbocycles. The maximum atomic E-state index is 11.8. The van der Waals surface area contributed by atoms with Crippen LogP contribution in [0.3, 0.4) is 0 Å². The lowest BCUT2D eigenvalue weighted by molar-refractivity contribution is -0.130. The van der Waals surface area contributed by atoms with E-state index < -0.39 is 0 Å². The molecule has 0 N–H and O–H groups in total. The summed E-state index contributed by atoms with van der Waals surface area (Å²) in [5, 5.41) is 7.37. The molecule has 0 radical (unpaired) electrons. The van der Waals surface area contributed by atoms with Crippen LogP contribution < -0.4 is 0 Å². The summed E-state index contributed by atoms with van der Waals surface area (Å²) < 4.78 is 4.56. The number of carbonyl (C=O) groups is 1. The fraction of sp³-hybridized carbons (Fsp3) is 0.667. The van der Waals surface area contributed by atoms with Gasteiger partial charge in [-0.25, -0.2) is 4.63 Å². The maximum absolute atomic E-state index is 11.8. The van der Waals surface area contributed by atoms with E-state index in [4.69, 9.17) is 0 Å². The topological polar surface area (TPSA) is 59.2 Å². The fourth-order valence-corrected chi connectivity index (χ4v) is 2.38. The van der Waals surface area contributed by atoms with Gasteiger partial charge in [0.2, 0.25) is 5.91 Å². The number of carbonyl (C=O) groups excluding carboxylic acids is 1. The van der Waals surface area contributed by atoms with Crippen LogP contribution in [0, 0.1) is 6.92 Å². The van der Waals surface area contributed by atoms with Crippen LogP contribution in [0.4, 0.5) is 0 Å². The summed E-state index contributed by atoms with van der Waals surface area (Å²) in [6, 6.07) is 0. The molecule has 1 amide bonds. The number of hydrogen-bond donors (Lipinski definition) is 0. The van der Waals surface area contributed by atoms with Gasteiger partial charge in [0.15, 0.2) is 0 Å². The number of hydrogen-bond acceptors (Lipinski definition) is 5. The molecular formula is C9H13N3O2S. The number of rotatable bonds is 2. The number of nitrogens with zero attached hydrogens (tertiary/aromatic N) is 3. The van der Waals surface area contributed by atoms with Crippen LogP contribution in [0.5, 0.6) is 0 Å². The summed E-state index contributed by atoms with van der Waals surface area (Å²) in [5.41, 5.74) is 1.35. The maximum Gasteiger partial charge on any atom is 0.228 e. The lowest BCUT2D eigenvalue weighted by Gasteiger charge is -2.26. The molecular weight excluding hydrogens is 214 g/mol. The first-order valence-corrected chi connectivity index (χ1v) is 6.06. The van der Waals surface area contributed by atoms with Crippen molar-refractivity contribution in [3.63, 3.8) is 0 Å². The van der Waals surface area contributed by atoms with Gasteiger partial charge in [0.05, 0.1) is 6.42 Å². The molecule has 2 rings (SSSR count). The molecule has 5 nitrogen and oxygen atoms in total. The van der Waals surface area contributed by atoms with Crippen molar-refractivity contribution in [3.05, 3.63) is 11.4 Å². The van der Waals surface area contributed by atoms with Gasteiger partial charge in [0.25, 0.3) is 0 Å². The first-order valence-electron chi connectivity index (χ1n) is 4.91. The first-order chi connectivity index (χ1) is 7.27. The molecule has 1 fully saturated rings. The number of aromatic nitrogens is 2. The zero-order chi connectivity index (χ0) is 10.7. The van der Waals surface area contributed by atoms with Crippen molar-refractivity contribution in [2.75, 3.05) is 24.6 Å². The minimum atomic E-state index is 0.120. The Morgan fingerprint density at radius 3 is 2.80 bits per heavy atom. The van der Waals surface area contributed by atoms with Crippen LogP contribution in [0.25, 0.3) is 0 Å². The molecule has 2 heterocycles. The van der Waals surface area contributed by atoms with Crippen molar-refractivity contribution < 1.29 is 9.42 Å². The standard InChI is InChI=1S/C9H13N3O2S/c1-7-8(11-14-10-7)6-9(13)12-2-4-15-5-3-12/h2-6H2,1H3. The van der Waals surface area contributed by atoms with E-state index in [1.165, 1.54) is 0 Å². The van der Waals surface area contributed by atoms with Crippen molar-refractivity contribution in [3.8, 4) is 0 Å². The van der Waals surface area contributed by atoms with Crippen molar-refractivity contribution in [1.29, 1.82) is 0 Å². The molecule has 15 heavy (non-hydrogen) atoms. The molecule has 1 aromatic heterocycles. The molecule has 0 atom stereocenters. The largest absolute Gasteiger partial charge is 0.341 e. The van der Waals surface area contributed by atoms with Crippen LogP contribution in [-0.2, 0) is 11.2 Å².